The molecule has 3 amide bonds. The van der Waals surface area contributed by atoms with Crippen molar-refractivity contribution in [1.82, 2.24) is 10.2 Å². The number of carbonyl (C=O) groups is 2. The van der Waals surface area contributed by atoms with Gasteiger partial charge in [0.05, 0.1) is 6.54 Å². The summed E-state index contributed by atoms with van der Waals surface area (Å²) >= 11 is 0. The van der Waals surface area contributed by atoms with E-state index in [1.165, 1.54) is 0 Å². The molecule has 8 nitrogen and oxygen atoms in total. The van der Waals surface area contributed by atoms with Crippen LogP contribution in [0.4, 0.5) is 22.8 Å². The maximum absolute atomic E-state index is 12.9. The predicted molar refractivity (Wildman–Crippen MR) is 51.0 cm³/mol. The van der Waals surface area contributed by atoms with Crippen molar-refractivity contribution >= 4 is 22.2 Å². The van der Waals surface area contributed by atoms with Crippen molar-refractivity contribution < 1.29 is 40.5 Å². The largest absolute Gasteiger partial charge is 0.743 e. The van der Waals surface area contributed by atoms with E-state index in [0.29, 0.717) is 4.90 Å². The number of carbonyl (C=O) groups excluding carboxylic acids is 2. The van der Waals surface area contributed by atoms with Gasteiger partial charge in [0.15, 0.2) is 10.1 Å². The van der Waals surface area contributed by atoms with E-state index in [4.69, 9.17) is 0 Å². The number of imide groups is 1. The Bertz CT molecular complexity index is 481. The molecule has 1 N–H and O–H groups in total. The number of nitrogens with one attached hydrogen (secondary N) is 1. The summed E-state index contributed by atoms with van der Waals surface area (Å²) < 4.78 is 72.5. The number of nitrogens with zero attached hydrogens (tertiary/aromatic N) is 1. The molecule has 0 aliphatic carbocycles. The molecule has 1 saturated heterocycles. The van der Waals surface area contributed by atoms with Gasteiger partial charge in [0, 0.05) is 6.54 Å². The summed E-state index contributed by atoms with van der Waals surface area (Å²) in [7, 11) is -6.22. The molecule has 0 spiro atoms. The van der Waals surface area contributed by atoms with Gasteiger partial charge in [-0.15, -0.1) is 0 Å². The normalized spacial score (nSPS) is 18.1. The predicted octanol–water partition coefficient (Wildman–Crippen LogP) is -0.376. The second kappa shape index (κ2) is 5.21. The Kier molecular flexibility index (Phi) is 4.25. The fourth-order valence-corrected chi connectivity index (χ4v) is 1.50. The Labute approximate surface area is 105 Å². The lowest BCUT2D eigenvalue weighted by molar-refractivity contribution is -0.0333. The van der Waals surface area contributed by atoms with Gasteiger partial charge < -0.3 is 14.6 Å². The second-order valence-electron chi connectivity index (χ2n) is 3.44. The molecular weight excluding hydrogens is 297 g/mol. The van der Waals surface area contributed by atoms with E-state index in [9.17, 15) is 35.7 Å². The zero-order chi connectivity index (χ0) is 14.8. The zero-order valence-corrected chi connectivity index (χ0v) is 9.95. The van der Waals surface area contributed by atoms with Crippen molar-refractivity contribution in [3.63, 3.8) is 0 Å². The molecule has 0 saturated carbocycles. The highest BCUT2D eigenvalue weighted by molar-refractivity contribution is 7.86. The number of alkyl halides is 3. The van der Waals surface area contributed by atoms with Crippen molar-refractivity contribution in [1.29, 1.82) is 0 Å². The van der Waals surface area contributed by atoms with Crippen LogP contribution in [-0.4, -0.2) is 61.1 Å². The quantitative estimate of drug-likeness (QED) is 0.708. The molecule has 0 bridgehead atoms. The maximum atomic E-state index is 12.9. The van der Waals surface area contributed by atoms with E-state index < -0.39 is 40.3 Å². The summed E-state index contributed by atoms with van der Waals surface area (Å²) in [5, 5.41) is -3.03. The molecular formula is C7H8F3N2O6S-. The van der Waals surface area contributed by atoms with Gasteiger partial charge in [-0.1, -0.05) is 0 Å². The van der Waals surface area contributed by atoms with Crippen molar-refractivity contribution in [2.45, 2.75) is 11.4 Å². The van der Waals surface area contributed by atoms with Crippen LogP contribution in [0.15, 0.2) is 0 Å². The molecule has 19 heavy (non-hydrogen) atoms. The lowest BCUT2D eigenvalue weighted by Crippen LogP contribution is -2.43. The number of hydrogen-bond acceptors (Lipinski definition) is 6. The van der Waals surface area contributed by atoms with Crippen molar-refractivity contribution in [2.24, 2.45) is 0 Å². The van der Waals surface area contributed by atoms with Crippen LogP contribution in [0.3, 0.4) is 0 Å². The molecule has 12 heteroatoms. The Morgan fingerprint density at radius 3 is 2.58 bits per heavy atom. The monoisotopic (exact) mass is 305 g/mol. The van der Waals surface area contributed by atoms with Gasteiger partial charge in [0.25, 0.3) is 0 Å². The summed E-state index contributed by atoms with van der Waals surface area (Å²) in [6, 6.07) is -0.858. The molecule has 110 valence electrons. The Hall–Kier alpha value is -1.56. The first kappa shape index (κ1) is 15.5. The lowest BCUT2D eigenvalue weighted by atomic mass is 10.4. The number of rotatable bonds is 4. The third-order valence-corrected chi connectivity index (χ3v) is 3.05. The molecule has 1 atom stereocenters. The molecule has 0 aromatic rings. The highest BCUT2D eigenvalue weighted by atomic mass is 32.2. The van der Waals surface area contributed by atoms with Gasteiger partial charge in [-0.2, -0.15) is 8.78 Å². The summed E-state index contributed by atoms with van der Waals surface area (Å²) in [4.78, 5) is 22.6. The third-order valence-electron chi connectivity index (χ3n) is 2.13. The summed E-state index contributed by atoms with van der Waals surface area (Å²) in [5.74, 6) is 0. The molecule has 1 unspecified atom stereocenters. The molecule has 1 aliphatic heterocycles. The van der Waals surface area contributed by atoms with E-state index in [1.807, 2.05) is 0 Å². The van der Waals surface area contributed by atoms with Gasteiger partial charge in [0.2, 0.25) is 6.17 Å². The number of halogens is 3. The first-order chi connectivity index (χ1) is 8.57. The average Bonchev–Trinajstić information content (AvgIpc) is 2.70. The second-order valence-corrected chi connectivity index (χ2v) is 4.90. The summed E-state index contributed by atoms with van der Waals surface area (Å²) in [6.45, 7) is -1.67. The average molecular weight is 305 g/mol. The minimum absolute atomic E-state index is 0.106. The number of hydrogen-bond donors (Lipinski definition) is 1. The van der Waals surface area contributed by atoms with E-state index in [1.54, 1.807) is 0 Å². The third kappa shape index (κ3) is 3.26. The van der Waals surface area contributed by atoms with Crippen LogP contribution in [-0.2, 0) is 14.9 Å². The van der Waals surface area contributed by atoms with Gasteiger partial charge >= 0.3 is 17.4 Å². The lowest BCUT2D eigenvalue weighted by Gasteiger charge is -2.23. The SMILES string of the molecule is O=C1NCCN1C(=O)OCC(F)C(F)(F)S(=O)(=O)[O-]. The zero-order valence-electron chi connectivity index (χ0n) is 9.14. The van der Waals surface area contributed by atoms with Crippen LogP contribution in [0.2, 0.25) is 0 Å². The molecule has 0 aromatic carbocycles. The fraction of sp³-hybridized carbons (Fsp3) is 0.714. The van der Waals surface area contributed by atoms with Gasteiger partial charge in [0.1, 0.15) is 6.61 Å². The van der Waals surface area contributed by atoms with Crippen LogP contribution in [0.25, 0.3) is 0 Å². The van der Waals surface area contributed by atoms with Crippen molar-refractivity contribution in [2.75, 3.05) is 19.7 Å². The number of urea groups is 1. The molecule has 0 aromatic heterocycles. The highest BCUT2D eigenvalue weighted by Crippen LogP contribution is 2.27. The summed E-state index contributed by atoms with van der Waals surface area (Å²) in [6.07, 6.45) is -4.94. The molecule has 1 fully saturated rings. The number of ether oxygens (including phenoxy) is 1. The number of amides is 3. The van der Waals surface area contributed by atoms with Crippen LogP contribution in [0.1, 0.15) is 0 Å². The van der Waals surface area contributed by atoms with Crippen LogP contribution >= 0.6 is 0 Å². The fourth-order valence-electron chi connectivity index (χ4n) is 1.12. The van der Waals surface area contributed by atoms with Crippen LogP contribution in [0, 0.1) is 0 Å². The van der Waals surface area contributed by atoms with Gasteiger partial charge in [-0.25, -0.2) is 27.3 Å². The highest BCUT2D eigenvalue weighted by Gasteiger charge is 2.48. The van der Waals surface area contributed by atoms with Crippen LogP contribution < -0.4 is 5.32 Å². The standard InChI is InChI=1S/C7H9F3N2O6S/c8-4(7(9,10)19(15,16)17)3-18-6(14)12-2-1-11-5(12)13/h4H,1-3H2,(H,11,13)(H,15,16,17)/p-1. The van der Waals surface area contributed by atoms with Gasteiger partial charge in [-0.05, 0) is 0 Å². The first-order valence-electron chi connectivity index (χ1n) is 4.77. The van der Waals surface area contributed by atoms with E-state index in [0.717, 1.165) is 0 Å². The van der Waals surface area contributed by atoms with E-state index >= 15 is 0 Å². The molecule has 1 rings (SSSR count). The topological polar surface area (TPSA) is 116 Å². The van der Waals surface area contributed by atoms with Crippen molar-refractivity contribution in [3.05, 3.63) is 0 Å². The Balaban J connectivity index is 2.57. The first-order valence-corrected chi connectivity index (χ1v) is 6.17. The molecule has 1 aliphatic rings. The minimum Gasteiger partial charge on any atom is -0.743 e. The molecule has 1 heterocycles. The summed E-state index contributed by atoms with van der Waals surface area (Å²) in [5.41, 5.74) is 0. The van der Waals surface area contributed by atoms with Gasteiger partial charge in [-0.3, -0.25) is 0 Å². The maximum Gasteiger partial charge on any atom is 0.418 e. The van der Waals surface area contributed by atoms with Crippen LogP contribution in [0.5, 0.6) is 0 Å². The van der Waals surface area contributed by atoms with Crippen molar-refractivity contribution in [3.8, 4) is 0 Å². The Morgan fingerprint density at radius 2 is 2.16 bits per heavy atom. The minimum atomic E-state index is -6.22. The van der Waals surface area contributed by atoms with E-state index in [2.05, 4.69) is 10.1 Å². The Morgan fingerprint density at radius 1 is 1.58 bits per heavy atom. The smallest absolute Gasteiger partial charge is 0.418 e. The van der Waals surface area contributed by atoms with E-state index in [-0.39, 0.29) is 13.1 Å². The molecule has 0 radical (unpaired) electrons.